The Hall–Kier alpha value is -2.14. The van der Waals surface area contributed by atoms with Crippen molar-refractivity contribution in [1.29, 1.82) is 0 Å². The Morgan fingerprint density at radius 2 is 1.83 bits per heavy atom. The third-order valence-electron chi connectivity index (χ3n) is 4.37. The lowest BCUT2D eigenvalue weighted by Gasteiger charge is -2.25. The third kappa shape index (κ3) is 3.79. The Kier molecular flexibility index (Phi) is 4.76. The number of aryl methyl sites for hydroxylation is 1. The summed E-state index contributed by atoms with van der Waals surface area (Å²) in [5.74, 6) is 1.45. The maximum atomic E-state index is 5.47. The number of rotatable bonds is 5. The van der Waals surface area contributed by atoms with E-state index in [0.717, 1.165) is 17.0 Å². The van der Waals surface area contributed by atoms with E-state index < -0.39 is 0 Å². The second-order valence-electron chi connectivity index (χ2n) is 6.12. The molecule has 1 fully saturated rings. The highest BCUT2D eigenvalue weighted by molar-refractivity contribution is 5.58. The summed E-state index contributed by atoms with van der Waals surface area (Å²) in [5, 5.41) is 3.27. The van der Waals surface area contributed by atoms with Gasteiger partial charge in [0.25, 0.3) is 0 Å². The molecule has 0 bridgehead atoms. The first kappa shape index (κ1) is 15.7. The summed E-state index contributed by atoms with van der Waals surface area (Å²) < 4.78 is 5.47. The topological polar surface area (TPSA) is 50.3 Å². The molecule has 2 aromatic rings. The smallest absolute Gasteiger partial charge is 0.227 e. The van der Waals surface area contributed by atoms with E-state index in [2.05, 4.69) is 39.2 Å². The predicted octanol–water partition coefficient (Wildman–Crippen LogP) is 3.69. The van der Waals surface area contributed by atoms with Crippen molar-refractivity contribution in [3.8, 4) is 5.75 Å². The van der Waals surface area contributed by atoms with Crippen LogP contribution in [0.1, 0.15) is 36.9 Å². The lowest BCUT2D eigenvalue weighted by molar-refractivity contribution is 0.262. The molecule has 1 atom stereocenters. The molecule has 0 saturated carbocycles. The maximum Gasteiger partial charge on any atom is 0.227 e. The molecular weight excluding hydrogens is 288 g/mol. The minimum atomic E-state index is 0.382. The molecule has 5 heteroatoms. The Balaban J connectivity index is 1.84. The van der Waals surface area contributed by atoms with Crippen LogP contribution in [0.5, 0.6) is 5.75 Å². The molecule has 1 aliphatic heterocycles. The molecule has 0 amide bonds. The van der Waals surface area contributed by atoms with Crippen LogP contribution in [-0.2, 0) is 0 Å². The summed E-state index contributed by atoms with van der Waals surface area (Å²) in [6.07, 6.45) is 6.19. The Morgan fingerprint density at radius 1 is 1.13 bits per heavy atom. The van der Waals surface area contributed by atoms with Crippen LogP contribution < -0.4 is 10.1 Å². The first-order chi connectivity index (χ1) is 11.2. The number of anilines is 2. The lowest BCUT2D eigenvalue weighted by Crippen LogP contribution is -2.23. The first-order valence-electron chi connectivity index (χ1n) is 8.14. The SMILES string of the molecule is COc1cc(Nc2ncc(C)cn2)cc(C(C)N2CCCC2)c1. The van der Waals surface area contributed by atoms with Crippen LogP contribution in [-0.4, -0.2) is 35.1 Å². The van der Waals surface area contributed by atoms with Gasteiger partial charge in [-0.15, -0.1) is 0 Å². The van der Waals surface area contributed by atoms with Gasteiger partial charge in [-0.05, 0) is 63.0 Å². The van der Waals surface area contributed by atoms with Crippen LogP contribution in [0, 0.1) is 6.92 Å². The molecule has 0 spiro atoms. The summed E-state index contributed by atoms with van der Waals surface area (Å²) >= 11 is 0. The minimum absolute atomic E-state index is 0.382. The number of ether oxygens (including phenoxy) is 1. The monoisotopic (exact) mass is 312 g/mol. The number of methoxy groups -OCH3 is 1. The van der Waals surface area contributed by atoms with E-state index in [1.54, 1.807) is 7.11 Å². The van der Waals surface area contributed by atoms with Crippen LogP contribution in [0.2, 0.25) is 0 Å². The zero-order chi connectivity index (χ0) is 16.2. The van der Waals surface area contributed by atoms with Gasteiger partial charge in [-0.1, -0.05) is 0 Å². The van der Waals surface area contributed by atoms with Gasteiger partial charge in [0.15, 0.2) is 0 Å². The average Bonchev–Trinajstić information content (AvgIpc) is 3.10. The zero-order valence-electron chi connectivity index (χ0n) is 14.0. The minimum Gasteiger partial charge on any atom is -0.497 e. The fourth-order valence-electron chi connectivity index (χ4n) is 2.98. The van der Waals surface area contributed by atoms with Gasteiger partial charge in [-0.2, -0.15) is 0 Å². The standard InChI is InChI=1S/C18H24N4O/c1-13-11-19-18(20-12-13)21-16-8-15(9-17(10-16)23-3)14(2)22-6-4-5-7-22/h8-12,14H,4-7H2,1-3H3,(H,19,20,21). The lowest BCUT2D eigenvalue weighted by atomic mass is 10.1. The molecule has 23 heavy (non-hydrogen) atoms. The molecule has 1 aliphatic rings. The van der Waals surface area contributed by atoms with Gasteiger partial charge in [0, 0.05) is 30.2 Å². The fourth-order valence-corrected chi connectivity index (χ4v) is 2.98. The highest BCUT2D eigenvalue weighted by Crippen LogP contribution is 2.30. The highest BCUT2D eigenvalue weighted by atomic mass is 16.5. The number of hydrogen-bond donors (Lipinski definition) is 1. The molecule has 0 aliphatic carbocycles. The van der Waals surface area contributed by atoms with Gasteiger partial charge in [-0.3, -0.25) is 4.90 Å². The van der Waals surface area contributed by atoms with Crippen LogP contribution in [0.3, 0.4) is 0 Å². The zero-order valence-corrected chi connectivity index (χ0v) is 14.0. The molecule has 1 N–H and O–H groups in total. The Labute approximate surface area is 137 Å². The fraction of sp³-hybridized carbons (Fsp3) is 0.444. The van der Waals surface area contributed by atoms with E-state index in [-0.39, 0.29) is 0 Å². The van der Waals surface area contributed by atoms with Crippen molar-refractivity contribution in [1.82, 2.24) is 14.9 Å². The highest BCUT2D eigenvalue weighted by Gasteiger charge is 2.20. The largest absolute Gasteiger partial charge is 0.497 e. The molecule has 1 aromatic carbocycles. The van der Waals surface area contributed by atoms with Crippen LogP contribution >= 0.6 is 0 Å². The summed E-state index contributed by atoms with van der Waals surface area (Å²) in [4.78, 5) is 11.1. The number of nitrogens with zero attached hydrogens (tertiary/aromatic N) is 3. The van der Waals surface area contributed by atoms with E-state index in [4.69, 9.17) is 4.74 Å². The van der Waals surface area contributed by atoms with E-state index in [1.165, 1.54) is 31.5 Å². The normalized spacial score (nSPS) is 16.3. The summed E-state index contributed by atoms with van der Waals surface area (Å²) in [6, 6.07) is 6.63. The second-order valence-corrected chi connectivity index (χ2v) is 6.12. The van der Waals surface area contributed by atoms with Crippen molar-refractivity contribution in [2.45, 2.75) is 32.7 Å². The molecule has 1 saturated heterocycles. The third-order valence-corrected chi connectivity index (χ3v) is 4.37. The van der Waals surface area contributed by atoms with Crippen molar-refractivity contribution in [3.05, 3.63) is 41.7 Å². The van der Waals surface area contributed by atoms with Crippen molar-refractivity contribution in [3.63, 3.8) is 0 Å². The molecule has 5 nitrogen and oxygen atoms in total. The molecule has 0 radical (unpaired) electrons. The van der Waals surface area contributed by atoms with Gasteiger partial charge in [-0.25, -0.2) is 9.97 Å². The summed E-state index contributed by atoms with van der Waals surface area (Å²) in [5.41, 5.74) is 3.25. The first-order valence-corrected chi connectivity index (χ1v) is 8.14. The van der Waals surface area contributed by atoms with E-state index in [0.29, 0.717) is 12.0 Å². The molecule has 2 heterocycles. The summed E-state index contributed by atoms with van der Waals surface area (Å²) in [7, 11) is 1.70. The van der Waals surface area contributed by atoms with Crippen molar-refractivity contribution in [2.24, 2.45) is 0 Å². The maximum absolute atomic E-state index is 5.47. The molecule has 3 rings (SSSR count). The number of hydrogen-bond acceptors (Lipinski definition) is 5. The van der Waals surface area contributed by atoms with Gasteiger partial charge < -0.3 is 10.1 Å². The molecule has 1 unspecified atom stereocenters. The van der Waals surface area contributed by atoms with Crippen molar-refractivity contribution < 1.29 is 4.74 Å². The number of benzene rings is 1. The van der Waals surface area contributed by atoms with Crippen molar-refractivity contribution in [2.75, 3.05) is 25.5 Å². The predicted molar refractivity (Wildman–Crippen MR) is 92.3 cm³/mol. The molecule has 1 aromatic heterocycles. The van der Waals surface area contributed by atoms with Gasteiger partial charge >= 0.3 is 0 Å². The van der Waals surface area contributed by atoms with Crippen LogP contribution in [0.4, 0.5) is 11.6 Å². The summed E-state index contributed by atoms with van der Waals surface area (Å²) in [6.45, 7) is 6.57. The number of aromatic nitrogens is 2. The number of likely N-dealkylation sites (tertiary alicyclic amines) is 1. The van der Waals surface area contributed by atoms with E-state index in [1.807, 2.05) is 25.4 Å². The van der Waals surface area contributed by atoms with Crippen molar-refractivity contribution >= 4 is 11.6 Å². The van der Waals surface area contributed by atoms with Gasteiger partial charge in [0.1, 0.15) is 5.75 Å². The number of nitrogens with one attached hydrogen (secondary N) is 1. The Bertz CT molecular complexity index is 651. The average molecular weight is 312 g/mol. The van der Waals surface area contributed by atoms with Gasteiger partial charge in [0.05, 0.1) is 7.11 Å². The molecular formula is C18H24N4O. The van der Waals surface area contributed by atoms with Crippen LogP contribution in [0.15, 0.2) is 30.6 Å². The van der Waals surface area contributed by atoms with Gasteiger partial charge in [0.2, 0.25) is 5.95 Å². The Morgan fingerprint density at radius 3 is 2.48 bits per heavy atom. The van der Waals surface area contributed by atoms with E-state index in [9.17, 15) is 0 Å². The second kappa shape index (κ2) is 6.96. The quantitative estimate of drug-likeness (QED) is 0.912. The van der Waals surface area contributed by atoms with Crippen LogP contribution in [0.25, 0.3) is 0 Å². The molecule has 122 valence electrons. The van der Waals surface area contributed by atoms with E-state index >= 15 is 0 Å².